The summed E-state index contributed by atoms with van der Waals surface area (Å²) >= 11 is 0. The summed E-state index contributed by atoms with van der Waals surface area (Å²) in [5, 5.41) is 0. The summed E-state index contributed by atoms with van der Waals surface area (Å²) in [5.74, 6) is 3.04. The lowest BCUT2D eigenvalue weighted by molar-refractivity contribution is -0.0673. The number of hydrogen-bond donors (Lipinski definition) is 0. The molecule has 2 fully saturated rings. The Balaban J connectivity index is 0.897. The highest BCUT2D eigenvalue weighted by atomic mass is 31.2. The van der Waals surface area contributed by atoms with Crippen molar-refractivity contribution in [2.24, 2.45) is 5.41 Å². The molecule has 0 radical (unpaired) electrons. The fourth-order valence-corrected chi connectivity index (χ4v) is 10.9. The maximum absolute atomic E-state index is 6.56. The van der Waals surface area contributed by atoms with Crippen molar-refractivity contribution in [1.82, 2.24) is 0 Å². The molecular formula is C53H58O6P2. The van der Waals surface area contributed by atoms with Crippen molar-refractivity contribution in [3.05, 3.63) is 202 Å². The third-order valence-corrected chi connectivity index (χ3v) is 14.2. The summed E-state index contributed by atoms with van der Waals surface area (Å²) in [6.07, 6.45) is 3.57. The monoisotopic (exact) mass is 852 g/mol. The average Bonchev–Trinajstić information content (AvgIpc) is 3.30. The quantitative estimate of drug-likeness (QED) is 0.0904. The molecule has 1 spiro atoms. The number of rotatable bonds is 16. The standard InChI is InChI=1S/C53H58O6P2/c1-39(45-17-9-5-10-18-45)29-43-25-27-51(49(33-43)31-41(3)47-21-13-7-14-22-47)58-60-54-35-53(36-55-60)37-56-61(57-38-53)59-52-28-26-44(30-40(2)46-19-11-6-12-20-46)34-50(52)32-42(4)48-23-15-8-16-24-48/h5-28,33-34,39-42H,29-32,35-38H2,1-4H3. The van der Waals surface area contributed by atoms with Crippen LogP contribution in [0.1, 0.15) is 95.9 Å². The fraction of sp³-hybridized carbons (Fsp3) is 0.321. The lowest BCUT2D eigenvalue weighted by Gasteiger charge is -2.41. The molecule has 2 aliphatic rings. The first-order valence-corrected chi connectivity index (χ1v) is 23.9. The second-order valence-corrected chi connectivity index (χ2v) is 19.5. The maximum Gasteiger partial charge on any atom is 0.397 e. The van der Waals surface area contributed by atoms with Gasteiger partial charge in [-0.1, -0.05) is 173 Å². The average molecular weight is 853 g/mol. The topological polar surface area (TPSA) is 55.4 Å². The van der Waals surface area contributed by atoms with E-state index >= 15 is 0 Å². The van der Waals surface area contributed by atoms with E-state index in [1.165, 1.54) is 33.4 Å². The van der Waals surface area contributed by atoms with E-state index in [1.54, 1.807) is 0 Å². The van der Waals surface area contributed by atoms with Crippen molar-refractivity contribution in [3.63, 3.8) is 0 Å². The highest BCUT2D eigenvalue weighted by Crippen LogP contribution is 2.54. The van der Waals surface area contributed by atoms with Crippen molar-refractivity contribution >= 4 is 17.2 Å². The second-order valence-electron chi connectivity index (χ2n) is 17.2. The van der Waals surface area contributed by atoms with Crippen LogP contribution in [-0.4, -0.2) is 26.4 Å². The molecule has 4 atom stereocenters. The fourth-order valence-electron chi connectivity index (χ4n) is 8.33. The van der Waals surface area contributed by atoms with Gasteiger partial charge in [-0.15, -0.1) is 0 Å². The first-order chi connectivity index (χ1) is 29.8. The molecule has 61 heavy (non-hydrogen) atoms. The number of hydrogen-bond acceptors (Lipinski definition) is 6. The van der Waals surface area contributed by atoms with E-state index < -0.39 is 22.6 Å². The van der Waals surface area contributed by atoms with Crippen molar-refractivity contribution in [2.45, 2.75) is 77.0 Å². The van der Waals surface area contributed by atoms with Gasteiger partial charge < -0.3 is 27.1 Å². The molecule has 0 aromatic heterocycles. The van der Waals surface area contributed by atoms with Crippen molar-refractivity contribution < 1.29 is 27.1 Å². The first kappa shape index (κ1) is 43.3. The Hall–Kier alpha value is -4.38. The highest BCUT2D eigenvalue weighted by molar-refractivity contribution is 7.42. The molecule has 6 nitrogen and oxygen atoms in total. The van der Waals surface area contributed by atoms with Gasteiger partial charge in [0.25, 0.3) is 0 Å². The van der Waals surface area contributed by atoms with Crippen molar-refractivity contribution in [3.8, 4) is 11.5 Å². The highest BCUT2D eigenvalue weighted by Gasteiger charge is 2.45. The Kier molecular flexibility index (Phi) is 14.7. The van der Waals surface area contributed by atoms with Crippen molar-refractivity contribution in [2.75, 3.05) is 26.4 Å². The predicted molar refractivity (Wildman–Crippen MR) is 248 cm³/mol. The predicted octanol–water partition coefficient (Wildman–Crippen LogP) is 14.1. The smallest absolute Gasteiger partial charge is 0.397 e. The minimum absolute atomic E-state index is 0.313. The summed E-state index contributed by atoms with van der Waals surface area (Å²) in [4.78, 5) is 0. The summed E-state index contributed by atoms with van der Waals surface area (Å²) in [7, 11) is -3.20. The molecule has 2 aliphatic heterocycles. The van der Waals surface area contributed by atoms with Gasteiger partial charge in [0.2, 0.25) is 0 Å². The minimum Gasteiger partial charge on any atom is -0.426 e. The zero-order valence-corrected chi connectivity index (χ0v) is 37.6. The summed E-state index contributed by atoms with van der Waals surface area (Å²) < 4.78 is 38.4. The zero-order chi connectivity index (χ0) is 42.0. The van der Waals surface area contributed by atoms with E-state index in [-0.39, 0.29) is 0 Å². The van der Waals surface area contributed by atoms with Crippen LogP contribution in [0.5, 0.6) is 11.5 Å². The van der Waals surface area contributed by atoms with Crippen molar-refractivity contribution in [1.29, 1.82) is 0 Å². The third kappa shape index (κ3) is 11.6. The van der Waals surface area contributed by atoms with E-state index in [1.807, 2.05) is 0 Å². The van der Waals surface area contributed by atoms with Crippen LogP contribution in [0, 0.1) is 5.41 Å². The second kappa shape index (κ2) is 20.7. The lowest BCUT2D eigenvalue weighted by atomic mass is 9.90. The van der Waals surface area contributed by atoms with Gasteiger partial charge in [0.05, 0.1) is 31.8 Å². The van der Waals surface area contributed by atoms with Crippen LogP contribution in [0.25, 0.3) is 0 Å². The Labute approximate surface area is 365 Å². The SMILES string of the molecule is CC(Cc1ccc(OP2OCC3(CO2)COP(Oc2ccc(CC(C)c4ccccc4)cc2CC(C)c2ccccc2)OC3)c(CC(C)c2ccccc2)c1)c1ccccc1. The molecule has 0 amide bonds. The molecule has 8 rings (SSSR count). The van der Waals surface area contributed by atoms with Crippen LogP contribution in [0.2, 0.25) is 0 Å². The van der Waals surface area contributed by atoms with Crippen LogP contribution in [-0.2, 0) is 43.8 Å². The normalized spacial score (nSPS) is 21.0. The molecule has 316 valence electrons. The van der Waals surface area contributed by atoms with Gasteiger partial charge in [-0.05, 0) is 106 Å². The molecule has 4 unspecified atom stereocenters. The van der Waals surface area contributed by atoms with Crippen LogP contribution in [0.4, 0.5) is 0 Å². The van der Waals surface area contributed by atoms with Gasteiger partial charge >= 0.3 is 17.2 Å². The molecule has 0 saturated carbocycles. The van der Waals surface area contributed by atoms with Gasteiger partial charge in [-0.25, -0.2) is 0 Å². The molecule has 2 heterocycles. The molecule has 2 saturated heterocycles. The zero-order valence-electron chi connectivity index (χ0n) is 35.8. The van der Waals surface area contributed by atoms with Crippen LogP contribution < -0.4 is 9.05 Å². The Morgan fingerprint density at radius 1 is 0.410 bits per heavy atom. The van der Waals surface area contributed by atoms with Gasteiger partial charge in [-0.2, -0.15) is 0 Å². The molecule has 6 aromatic rings. The third-order valence-electron chi connectivity index (χ3n) is 12.1. The summed E-state index contributed by atoms with van der Waals surface area (Å²) in [6, 6.07) is 56.0. The van der Waals surface area contributed by atoms with E-state index in [0.29, 0.717) is 50.1 Å². The molecule has 8 heteroatoms. The Bertz CT molecular complexity index is 2090. The minimum atomic E-state index is -1.60. The molecule has 0 N–H and O–H groups in total. The van der Waals surface area contributed by atoms with E-state index in [4.69, 9.17) is 27.1 Å². The van der Waals surface area contributed by atoms with E-state index in [2.05, 4.69) is 185 Å². The Morgan fingerprint density at radius 2 is 0.705 bits per heavy atom. The van der Waals surface area contributed by atoms with E-state index in [0.717, 1.165) is 48.3 Å². The number of benzene rings is 6. The summed E-state index contributed by atoms with van der Waals surface area (Å²) in [6.45, 7) is 10.8. The van der Waals surface area contributed by atoms with Gasteiger partial charge in [0.1, 0.15) is 11.5 Å². The van der Waals surface area contributed by atoms with Gasteiger partial charge in [-0.3, -0.25) is 0 Å². The van der Waals surface area contributed by atoms with Gasteiger partial charge in [0.15, 0.2) is 0 Å². The molecular weight excluding hydrogens is 795 g/mol. The summed E-state index contributed by atoms with van der Waals surface area (Å²) in [5.41, 5.74) is 9.76. The van der Waals surface area contributed by atoms with Crippen LogP contribution in [0.3, 0.4) is 0 Å². The largest absolute Gasteiger partial charge is 0.426 e. The lowest BCUT2D eigenvalue weighted by Crippen LogP contribution is -2.45. The first-order valence-electron chi connectivity index (χ1n) is 21.7. The molecule has 0 bridgehead atoms. The van der Waals surface area contributed by atoms with E-state index in [9.17, 15) is 0 Å². The maximum atomic E-state index is 6.56. The molecule has 6 aromatic carbocycles. The van der Waals surface area contributed by atoms with Crippen LogP contribution in [0.15, 0.2) is 158 Å². The Morgan fingerprint density at radius 3 is 1.02 bits per heavy atom. The molecule has 0 aliphatic carbocycles. The van der Waals surface area contributed by atoms with Gasteiger partial charge in [0, 0.05) is 0 Å². The van der Waals surface area contributed by atoms with Crippen LogP contribution >= 0.6 is 17.2 Å².